The zero-order chi connectivity index (χ0) is 9.35. The van der Waals surface area contributed by atoms with Crippen molar-refractivity contribution in [2.24, 2.45) is 0 Å². The molecule has 0 radical (unpaired) electrons. The molecule has 0 aromatic carbocycles. The van der Waals surface area contributed by atoms with E-state index in [2.05, 4.69) is 15.9 Å². The molecule has 68 valence electrons. The monoisotopic (exact) mass is 260 g/mol. The van der Waals surface area contributed by atoms with Gasteiger partial charge in [-0.2, -0.15) is 13.2 Å². The lowest BCUT2D eigenvalue weighted by Gasteiger charge is -2.12. The Bertz CT molecular complexity index is 270. The first kappa shape index (κ1) is 10.0. The van der Waals surface area contributed by atoms with Crippen LogP contribution in [0.15, 0.2) is 15.2 Å². The first-order valence-corrected chi connectivity index (χ1v) is 4.57. The van der Waals surface area contributed by atoms with Crippen molar-refractivity contribution in [3.8, 4) is 0 Å². The summed E-state index contributed by atoms with van der Waals surface area (Å²) >= 11 is 4.11. The lowest BCUT2D eigenvalue weighted by atomic mass is 10.2. The third kappa shape index (κ3) is 2.21. The minimum Gasteiger partial charge on any atom is -0.379 e. The number of aliphatic hydroxyl groups is 1. The topological polar surface area (TPSA) is 20.2 Å². The number of halogens is 4. The van der Waals surface area contributed by atoms with E-state index in [1.807, 2.05) is 0 Å². The van der Waals surface area contributed by atoms with Crippen LogP contribution >= 0.6 is 27.3 Å². The van der Waals surface area contributed by atoms with Gasteiger partial charge in [0.05, 0.1) is 3.79 Å². The third-order valence-electron chi connectivity index (χ3n) is 1.21. The molecule has 1 rings (SSSR count). The summed E-state index contributed by atoms with van der Waals surface area (Å²) in [7, 11) is 0. The highest BCUT2D eigenvalue weighted by atomic mass is 79.9. The smallest absolute Gasteiger partial charge is 0.379 e. The SMILES string of the molecule is OC(c1csc(Br)c1)C(F)(F)F. The van der Waals surface area contributed by atoms with Crippen molar-refractivity contribution in [2.45, 2.75) is 12.3 Å². The maximum atomic E-state index is 11.9. The molecule has 1 aromatic rings. The molecule has 0 spiro atoms. The molecule has 0 aliphatic carbocycles. The molecule has 6 heteroatoms. The van der Waals surface area contributed by atoms with E-state index in [1.54, 1.807) is 0 Å². The molecule has 0 fully saturated rings. The summed E-state index contributed by atoms with van der Waals surface area (Å²) in [6, 6.07) is 1.25. The molecular weight excluding hydrogens is 257 g/mol. The predicted octanol–water partition coefficient (Wildman–Crippen LogP) is 3.11. The number of aliphatic hydroxyl groups excluding tert-OH is 1. The van der Waals surface area contributed by atoms with Crippen LogP contribution in [0.5, 0.6) is 0 Å². The van der Waals surface area contributed by atoms with Crippen LogP contribution in [-0.2, 0) is 0 Å². The van der Waals surface area contributed by atoms with Gasteiger partial charge in [0.15, 0.2) is 6.10 Å². The van der Waals surface area contributed by atoms with Gasteiger partial charge in [-0.3, -0.25) is 0 Å². The van der Waals surface area contributed by atoms with Gasteiger partial charge in [0.1, 0.15) is 0 Å². The van der Waals surface area contributed by atoms with Crippen molar-refractivity contribution in [2.75, 3.05) is 0 Å². The van der Waals surface area contributed by atoms with Crippen molar-refractivity contribution in [1.82, 2.24) is 0 Å². The first-order chi connectivity index (χ1) is 5.41. The normalized spacial score (nSPS) is 14.8. The average molecular weight is 261 g/mol. The molecule has 1 N–H and O–H groups in total. The maximum absolute atomic E-state index is 11.9. The Morgan fingerprint density at radius 2 is 2.08 bits per heavy atom. The lowest BCUT2D eigenvalue weighted by Crippen LogP contribution is -2.19. The van der Waals surface area contributed by atoms with E-state index in [0.717, 1.165) is 11.3 Å². The second-order valence-electron chi connectivity index (χ2n) is 2.13. The summed E-state index contributed by atoms with van der Waals surface area (Å²) in [4.78, 5) is 0. The van der Waals surface area contributed by atoms with Crippen LogP contribution in [0, 0.1) is 0 Å². The average Bonchev–Trinajstić information content (AvgIpc) is 2.32. The molecule has 1 unspecified atom stereocenters. The fraction of sp³-hybridized carbons (Fsp3) is 0.333. The summed E-state index contributed by atoms with van der Waals surface area (Å²) in [6.07, 6.45) is -6.96. The number of alkyl halides is 3. The van der Waals surface area contributed by atoms with Gasteiger partial charge in [0.25, 0.3) is 0 Å². The van der Waals surface area contributed by atoms with E-state index in [0.29, 0.717) is 3.79 Å². The largest absolute Gasteiger partial charge is 0.418 e. The highest BCUT2D eigenvalue weighted by Gasteiger charge is 2.39. The van der Waals surface area contributed by atoms with Crippen LogP contribution in [0.25, 0.3) is 0 Å². The summed E-state index contributed by atoms with van der Waals surface area (Å²) in [5.74, 6) is 0. The maximum Gasteiger partial charge on any atom is 0.418 e. The second-order valence-corrected chi connectivity index (χ2v) is 4.42. The Morgan fingerprint density at radius 3 is 2.42 bits per heavy atom. The van der Waals surface area contributed by atoms with Crippen LogP contribution in [0.3, 0.4) is 0 Å². The van der Waals surface area contributed by atoms with Gasteiger partial charge in [-0.05, 0) is 27.4 Å². The van der Waals surface area contributed by atoms with Crippen LogP contribution in [0.1, 0.15) is 11.7 Å². The zero-order valence-electron chi connectivity index (χ0n) is 5.60. The summed E-state index contributed by atoms with van der Waals surface area (Å²) < 4.78 is 36.2. The van der Waals surface area contributed by atoms with Crippen molar-refractivity contribution >= 4 is 27.3 Å². The number of rotatable bonds is 1. The summed E-state index contributed by atoms with van der Waals surface area (Å²) in [5.41, 5.74) is -0.126. The molecule has 1 heterocycles. The fourth-order valence-corrected chi connectivity index (χ4v) is 1.85. The van der Waals surface area contributed by atoms with Crippen molar-refractivity contribution < 1.29 is 18.3 Å². The molecule has 0 aliphatic rings. The van der Waals surface area contributed by atoms with Crippen molar-refractivity contribution in [1.29, 1.82) is 0 Å². The molecule has 1 aromatic heterocycles. The molecule has 0 saturated carbocycles. The zero-order valence-corrected chi connectivity index (χ0v) is 8.00. The highest BCUT2D eigenvalue weighted by Crippen LogP contribution is 2.35. The van der Waals surface area contributed by atoms with Gasteiger partial charge in [0, 0.05) is 5.56 Å². The number of hydrogen-bond acceptors (Lipinski definition) is 2. The van der Waals surface area contributed by atoms with Crippen LogP contribution in [-0.4, -0.2) is 11.3 Å². The molecule has 0 amide bonds. The molecule has 0 saturated heterocycles. The Kier molecular flexibility index (Phi) is 2.80. The van der Waals surface area contributed by atoms with Gasteiger partial charge < -0.3 is 5.11 Å². The van der Waals surface area contributed by atoms with Gasteiger partial charge in [0.2, 0.25) is 0 Å². The lowest BCUT2D eigenvalue weighted by molar-refractivity contribution is -0.206. The molecule has 0 bridgehead atoms. The van der Waals surface area contributed by atoms with Crippen LogP contribution < -0.4 is 0 Å². The Balaban J connectivity index is 2.85. The standard InChI is InChI=1S/C6H4BrF3OS/c7-4-1-3(2-12-4)5(11)6(8,9)10/h1-2,5,11H. The molecule has 1 atom stereocenters. The van der Waals surface area contributed by atoms with E-state index in [9.17, 15) is 13.2 Å². The van der Waals surface area contributed by atoms with Crippen LogP contribution in [0.2, 0.25) is 0 Å². The Hall–Kier alpha value is -0.0700. The van der Waals surface area contributed by atoms with Gasteiger partial charge in [-0.1, -0.05) is 0 Å². The van der Waals surface area contributed by atoms with Gasteiger partial charge in [-0.15, -0.1) is 11.3 Å². The van der Waals surface area contributed by atoms with Crippen LogP contribution in [0.4, 0.5) is 13.2 Å². The van der Waals surface area contributed by atoms with E-state index < -0.39 is 12.3 Å². The molecular formula is C6H4BrF3OS. The van der Waals surface area contributed by atoms with E-state index in [4.69, 9.17) is 5.11 Å². The highest BCUT2D eigenvalue weighted by molar-refractivity contribution is 9.11. The van der Waals surface area contributed by atoms with E-state index in [-0.39, 0.29) is 5.56 Å². The fourth-order valence-electron chi connectivity index (χ4n) is 0.656. The summed E-state index contributed by atoms with van der Waals surface area (Å²) in [6.45, 7) is 0. The Labute approximate surface area is 79.0 Å². The minimum absolute atomic E-state index is 0.126. The third-order valence-corrected chi connectivity index (χ3v) is 2.74. The van der Waals surface area contributed by atoms with E-state index >= 15 is 0 Å². The quantitative estimate of drug-likeness (QED) is 0.823. The molecule has 1 nitrogen and oxygen atoms in total. The number of thiophene rings is 1. The van der Waals surface area contributed by atoms with Gasteiger partial charge in [-0.25, -0.2) is 0 Å². The molecule has 0 aliphatic heterocycles. The molecule has 12 heavy (non-hydrogen) atoms. The Morgan fingerprint density at radius 1 is 1.50 bits per heavy atom. The second kappa shape index (κ2) is 3.35. The number of hydrogen-bond donors (Lipinski definition) is 1. The minimum atomic E-state index is -4.58. The van der Waals surface area contributed by atoms with Gasteiger partial charge >= 0.3 is 6.18 Å². The first-order valence-electron chi connectivity index (χ1n) is 2.90. The van der Waals surface area contributed by atoms with E-state index in [1.165, 1.54) is 11.4 Å². The predicted molar refractivity (Wildman–Crippen MR) is 43.0 cm³/mol. The summed E-state index contributed by atoms with van der Waals surface area (Å²) in [5, 5.41) is 10.00. The van der Waals surface area contributed by atoms with Crippen molar-refractivity contribution in [3.63, 3.8) is 0 Å². The van der Waals surface area contributed by atoms with Crippen molar-refractivity contribution in [3.05, 3.63) is 20.8 Å².